The molecule has 4 aromatic carbocycles. The lowest BCUT2D eigenvalue weighted by Gasteiger charge is -2.30. The molecule has 3 aliphatic rings. The molecule has 0 spiro atoms. The lowest BCUT2D eigenvalue weighted by Crippen LogP contribution is -2.51. The summed E-state index contributed by atoms with van der Waals surface area (Å²) in [6.45, 7) is 5.22. The highest BCUT2D eigenvalue weighted by molar-refractivity contribution is 6.08. The highest BCUT2D eigenvalue weighted by atomic mass is 16.5. The van der Waals surface area contributed by atoms with Crippen LogP contribution in [0.2, 0.25) is 0 Å². The number of carbonyl (C=O) groups excluding carboxylic acids is 3. The van der Waals surface area contributed by atoms with Crippen molar-refractivity contribution in [2.75, 3.05) is 20.2 Å². The Labute approximate surface area is 357 Å². The number of likely N-dealkylation sites (tertiary alicyclic amines) is 2. The first-order chi connectivity index (χ1) is 30.1. The minimum Gasteiger partial charge on any atom is -0.488 e. The molecular weight excluding hydrogens is 789 g/mol. The Hall–Kier alpha value is -7.16. The molecule has 9 rings (SSSR count). The maximum Gasteiger partial charge on any atom is 0.407 e. The third kappa shape index (κ3) is 7.47. The fraction of sp³-hybridized carbons (Fsp3) is 0.319. The number of carboxylic acid groups (broad SMARTS) is 1. The van der Waals surface area contributed by atoms with Crippen LogP contribution in [0.15, 0.2) is 91.3 Å². The molecule has 3 aliphatic heterocycles. The number of benzene rings is 4. The number of aromatic nitrogens is 4. The van der Waals surface area contributed by atoms with Crippen LogP contribution in [0.5, 0.6) is 5.75 Å². The van der Waals surface area contributed by atoms with Gasteiger partial charge in [-0.15, -0.1) is 0 Å². The van der Waals surface area contributed by atoms with E-state index in [2.05, 4.69) is 50.9 Å². The predicted molar refractivity (Wildman–Crippen MR) is 231 cm³/mol. The standard InChI is InChI=1S/C47H48N8O7/c1-26(2)40(53-47(60)61-3)44(56)54-19-9-16-37(54)43-49-24-35(51-43)33-22-38-39(31-14-8-7-13-30(31)33)32-21-28(17-18-29(32)25-62-38)34-23-48-42(50-34)36-15-10-20-55(36)45(57)41(52-46(58)59)27-11-5-4-6-12-27/h4-8,11-14,17-18,21-24,26,36-37,40-41,52H,9-10,15-16,19-20,25H2,1-3H3,(H,48,50)(H,49,51)(H,53,60)(H,58,59)/t36-,37-,40-,41+/m0/s1. The first-order valence-corrected chi connectivity index (χ1v) is 21.0. The van der Waals surface area contributed by atoms with E-state index in [1.165, 1.54) is 7.11 Å². The largest absolute Gasteiger partial charge is 0.488 e. The summed E-state index contributed by atoms with van der Waals surface area (Å²) in [6.07, 6.45) is 4.70. The van der Waals surface area contributed by atoms with Gasteiger partial charge in [0.25, 0.3) is 5.91 Å². The van der Waals surface area contributed by atoms with E-state index in [1.54, 1.807) is 40.3 Å². The Balaban J connectivity index is 1.00. The summed E-state index contributed by atoms with van der Waals surface area (Å²) >= 11 is 0. The number of nitrogens with zero attached hydrogens (tertiary/aromatic N) is 4. The topological polar surface area (TPSA) is 195 Å². The zero-order valence-corrected chi connectivity index (χ0v) is 34.7. The van der Waals surface area contributed by atoms with Gasteiger partial charge in [0.15, 0.2) is 0 Å². The van der Waals surface area contributed by atoms with Crippen LogP contribution in [0.25, 0.3) is 44.4 Å². The van der Waals surface area contributed by atoms with Crippen LogP contribution >= 0.6 is 0 Å². The molecule has 0 radical (unpaired) electrons. The smallest absolute Gasteiger partial charge is 0.407 e. The van der Waals surface area contributed by atoms with Crippen LogP contribution in [0.1, 0.15) is 80.4 Å². The van der Waals surface area contributed by atoms with E-state index in [4.69, 9.17) is 19.4 Å². The van der Waals surface area contributed by atoms with Crippen molar-refractivity contribution in [2.24, 2.45) is 5.92 Å². The summed E-state index contributed by atoms with van der Waals surface area (Å²) in [7, 11) is 1.29. The maximum atomic E-state index is 13.9. The van der Waals surface area contributed by atoms with Gasteiger partial charge in [-0.05, 0) is 71.2 Å². The number of imidazole rings is 2. The summed E-state index contributed by atoms with van der Waals surface area (Å²) in [6, 6.07) is 23.1. The molecule has 15 nitrogen and oxygen atoms in total. The van der Waals surface area contributed by atoms with Gasteiger partial charge in [0.2, 0.25) is 5.91 Å². The average Bonchev–Trinajstić information content (AvgIpc) is 4.14. The third-order valence-electron chi connectivity index (χ3n) is 12.3. The van der Waals surface area contributed by atoms with Crippen LogP contribution in [-0.2, 0) is 20.9 Å². The summed E-state index contributed by atoms with van der Waals surface area (Å²) in [4.78, 5) is 71.7. The second-order valence-corrected chi connectivity index (χ2v) is 16.4. The highest BCUT2D eigenvalue weighted by Gasteiger charge is 2.39. The first kappa shape index (κ1) is 40.3. The van der Waals surface area contributed by atoms with Gasteiger partial charge in [0.1, 0.15) is 36.1 Å². The molecule has 2 fully saturated rings. The van der Waals surface area contributed by atoms with Crippen LogP contribution < -0.4 is 15.4 Å². The molecule has 4 amide bonds. The highest BCUT2D eigenvalue weighted by Crippen LogP contribution is 2.47. The number of amides is 4. The number of H-pyrrole nitrogens is 2. The Morgan fingerprint density at radius 1 is 0.790 bits per heavy atom. The summed E-state index contributed by atoms with van der Waals surface area (Å²) in [5.41, 5.74) is 7.07. The number of fused-ring (bicyclic) bond motifs is 5. The number of carbonyl (C=O) groups is 4. The van der Waals surface area contributed by atoms with Crippen LogP contribution in [0.4, 0.5) is 9.59 Å². The van der Waals surface area contributed by atoms with E-state index in [-0.39, 0.29) is 29.8 Å². The third-order valence-corrected chi connectivity index (χ3v) is 12.3. The Morgan fingerprint density at radius 2 is 1.44 bits per heavy atom. The number of hydrogen-bond donors (Lipinski definition) is 5. The monoisotopic (exact) mass is 836 g/mol. The minimum absolute atomic E-state index is 0.139. The van der Waals surface area contributed by atoms with Gasteiger partial charge in [0.05, 0.1) is 43.0 Å². The van der Waals surface area contributed by atoms with Gasteiger partial charge in [-0.25, -0.2) is 19.6 Å². The fourth-order valence-electron chi connectivity index (χ4n) is 9.25. The summed E-state index contributed by atoms with van der Waals surface area (Å²) in [5, 5.41) is 16.7. The molecule has 5 heterocycles. The molecule has 2 aromatic heterocycles. The number of aromatic amines is 2. The second-order valence-electron chi connectivity index (χ2n) is 16.4. The summed E-state index contributed by atoms with van der Waals surface area (Å²) < 4.78 is 11.3. The average molecular weight is 837 g/mol. The number of rotatable bonds is 10. The zero-order valence-electron chi connectivity index (χ0n) is 34.7. The van der Waals surface area contributed by atoms with E-state index < -0.39 is 24.3 Å². The lowest BCUT2D eigenvalue weighted by molar-refractivity contribution is -0.135. The van der Waals surface area contributed by atoms with Crippen LogP contribution in [0, 0.1) is 5.92 Å². The van der Waals surface area contributed by atoms with Crippen molar-refractivity contribution < 1.29 is 33.8 Å². The Kier molecular flexibility index (Phi) is 10.9. The second kappa shape index (κ2) is 16.7. The molecule has 0 bridgehead atoms. The lowest BCUT2D eigenvalue weighted by atomic mass is 9.88. The normalized spacial score (nSPS) is 17.9. The van der Waals surface area contributed by atoms with E-state index in [0.717, 1.165) is 75.0 Å². The van der Waals surface area contributed by atoms with Crippen molar-refractivity contribution >= 4 is 34.8 Å². The molecule has 62 heavy (non-hydrogen) atoms. The van der Waals surface area contributed by atoms with Gasteiger partial charge in [0, 0.05) is 29.8 Å². The SMILES string of the molecule is COC(=O)N[C@H](C(=O)N1CCC[C@H]1c1ncc(-c2cc3c(c4ccccc24)-c2cc(-c4cnc([C@@H]5CCCN5C(=O)[C@H](NC(=O)O)c5ccccc5)[nH]4)ccc2CO3)[nH]1)C(C)C. The van der Waals surface area contributed by atoms with E-state index in [1.807, 2.05) is 44.3 Å². The minimum atomic E-state index is -1.27. The van der Waals surface area contributed by atoms with Gasteiger partial charge in [-0.2, -0.15) is 0 Å². The molecule has 2 saturated heterocycles. The quantitative estimate of drug-likeness (QED) is 0.0912. The summed E-state index contributed by atoms with van der Waals surface area (Å²) in [5.74, 6) is 1.44. The molecule has 15 heteroatoms. The predicted octanol–water partition coefficient (Wildman–Crippen LogP) is 7.90. The van der Waals surface area contributed by atoms with Crippen molar-refractivity contribution in [1.82, 2.24) is 40.4 Å². The molecule has 318 valence electrons. The zero-order chi connectivity index (χ0) is 43.1. The van der Waals surface area contributed by atoms with Crippen molar-refractivity contribution in [3.8, 4) is 39.4 Å². The van der Waals surface area contributed by atoms with Crippen molar-refractivity contribution in [3.63, 3.8) is 0 Å². The molecule has 6 aromatic rings. The van der Waals surface area contributed by atoms with Crippen molar-refractivity contribution in [2.45, 2.75) is 70.3 Å². The van der Waals surface area contributed by atoms with Crippen molar-refractivity contribution in [3.05, 3.63) is 114 Å². The number of nitrogens with one attached hydrogen (secondary N) is 4. The molecule has 5 N–H and O–H groups in total. The number of methoxy groups -OCH3 is 1. The number of alkyl carbamates (subject to hydrolysis) is 1. The van der Waals surface area contributed by atoms with E-state index in [0.29, 0.717) is 43.3 Å². The van der Waals surface area contributed by atoms with Gasteiger partial charge < -0.3 is 45.0 Å². The Morgan fingerprint density at radius 3 is 2.11 bits per heavy atom. The molecule has 0 saturated carbocycles. The number of hydrogen-bond acceptors (Lipinski definition) is 8. The fourth-order valence-corrected chi connectivity index (χ4v) is 9.25. The molecule has 0 aliphatic carbocycles. The van der Waals surface area contributed by atoms with Crippen LogP contribution in [0.3, 0.4) is 0 Å². The van der Waals surface area contributed by atoms with E-state index >= 15 is 0 Å². The van der Waals surface area contributed by atoms with Gasteiger partial charge in [-0.3, -0.25) is 9.59 Å². The van der Waals surface area contributed by atoms with E-state index in [9.17, 15) is 24.3 Å². The molecule has 0 unspecified atom stereocenters. The van der Waals surface area contributed by atoms with Crippen LogP contribution in [-0.4, -0.2) is 85.1 Å². The molecule has 4 atom stereocenters. The van der Waals surface area contributed by atoms with Crippen molar-refractivity contribution in [1.29, 1.82) is 0 Å². The molecular formula is C47H48N8O7. The maximum absolute atomic E-state index is 13.9. The first-order valence-electron chi connectivity index (χ1n) is 21.0. The van der Waals surface area contributed by atoms with Gasteiger partial charge in [-0.1, -0.05) is 80.6 Å². The van der Waals surface area contributed by atoms with Gasteiger partial charge >= 0.3 is 12.2 Å². The Bertz CT molecular complexity index is 2680. The number of ether oxygens (including phenoxy) is 2.